The van der Waals surface area contributed by atoms with Crippen molar-refractivity contribution < 1.29 is 13.6 Å². The van der Waals surface area contributed by atoms with Gasteiger partial charge in [-0.3, -0.25) is 4.79 Å². The molecule has 134 valence electrons. The minimum atomic E-state index is -0.858. The fourth-order valence-electron chi connectivity index (χ4n) is 2.56. The number of nitrogens with two attached hydrogens (primary N) is 1. The largest absolute Gasteiger partial charge is 0.354 e. The highest BCUT2D eigenvalue weighted by Crippen LogP contribution is 2.22. The normalized spacial score (nSPS) is 12.0. The SMILES string of the molecule is CCCCC(N)C(=O)NCCc1ccc(-c2ccc(F)c(F)c2)cc1. The molecular formula is C20H24F2N2O. The molecule has 0 heterocycles. The summed E-state index contributed by atoms with van der Waals surface area (Å²) in [5, 5.41) is 2.84. The minimum Gasteiger partial charge on any atom is -0.354 e. The first kappa shape index (κ1) is 19.1. The summed E-state index contributed by atoms with van der Waals surface area (Å²) in [6.45, 7) is 2.58. The summed E-state index contributed by atoms with van der Waals surface area (Å²) >= 11 is 0. The molecule has 0 saturated carbocycles. The van der Waals surface area contributed by atoms with Crippen LogP contribution in [0.5, 0.6) is 0 Å². The van der Waals surface area contributed by atoms with Crippen LogP contribution in [0.3, 0.4) is 0 Å². The van der Waals surface area contributed by atoms with Crippen molar-refractivity contribution >= 4 is 5.91 Å². The van der Waals surface area contributed by atoms with Gasteiger partial charge in [0, 0.05) is 6.54 Å². The van der Waals surface area contributed by atoms with Crippen molar-refractivity contribution in [1.29, 1.82) is 0 Å². The van der Waals surface area contributed by atoms with Crippen LogP contribution < -0.4 is 11.1 Å². The highest BCUT2D eigenvalue weighted by Gasteiger charge is 2.11. The van der Waals surface area contributed by atoms with Crippen LogP contribution in [0, 0.1) is 11.6 Å². The summed E-state index contributed by atoms with van der Waals surface area (Å²) in [5.41, 5.74) is 8.31. The lowest BCUT2D eigenvalue weighted by molar-refractivity contribution is -0.122. The van der Waals surface area contributed by atoms with Crippen LogP contribution in [0.4, 0.5) is 8.78 Å². The van der Waals surface area contributed by atoms with E-state index in [0.29, 0.717) is 24.9 Å². The molecule has 3 nitrogen and oxygen atoms in total. The molecule has 1 unspecified atom stereocenters. The molecule has 2 rings (SSSR count). The van der Waals surface area contributed by atoms with Gasteiger partial charge in [0.15, 0.2) is 11.6 Å². The number of nitrogens with one attached hydrogen (secondary N) is 1. The zero-order chi connectivity index (χ0) is 18.2. The Balaban J connectivity index is 1.86. The first-order valence-electron chi connectivity index (χ1n) is 8.59. The molecule has 0 bridgehead atoms. The molecule has 0 radical (unpaired) electrons. The second kappa shape index (κ2) is 9.28. The van der Waals surface area contributed by atoms with E-state index >= 15 is 0 Å². The molecule has 3 N–H and O–H groups in total. The van der Waals surface area contributed by atoms with Gasteiger partial charge in [-0.1, -0.05) is 50.1 Å². The summed E-state index contributed by atoms with van der Waals surface area (Å²) in [6.07, 6.45) is 3.35. The quantitative estimate of drug-likeness (QED) is 0.764. The Hall–Kier alpha value is -2.27. The van der Waals surface area contributed by atoms with Crippen LogP contribution >= 0.6 is 0 Å². The number of rotatable bonds is 8. The summed E-state index contributed by atoms with van der Waals surface area (Å²) < 4.78 is 26.3. The number of halogens is 2. The second-order valence-electron chi connectivity index (χ2n) is 6.12. The Morgan fingerprint density at radius 2 is 1.76 bits per heavy atom. The lowest BCUT2D eigenvalue weighted by Crippen LogP contribution is -2.41. The molecule has 0 fully saturated rings. The molecule has 1 amide bonds. The first-order chi connectivity index (χ1) is 12.0. The van der Waals surface area contributed by atoms with Gasteiger partial charge in [0.05, 0.1) is 6.04 Å². The van der Waals surface area contributed by atoms with E-state index in [4.69, 9.17) is 5.73 Å². The number of benzene rings is 2. The van der Waals surface area contributed by atoms with Crippen LogP contribution in [-0.2, 0) is 11.2 Å². The van der Waals surface area contributed by atoms with Gasteiger partial charge in [0.1, 0.15) is 0 Å². The molecule has 0 aromatic heterocycles. The number of hydrogen-bond acceptors (Lipinski definition) is 2. The maximum Gasteiger partial charge on any atom is 0.236 e. The Labute approximate surface area is 147 Å². The fourth-order valence-corrected chi connectivity index (χ4v) is 2.56. The molecule has 0 aliphatic carbocycles. The van der Waals surface area contributed by atoms with Gasteiger partial charge in [-0.2, -0.15) is 0 Å². The number of hydrogen-bond donors (Lipinski definition) is 2. The average Bonchev–Trinajstić information content (AvgIpc) is 2.62. The van der Waals surface area contributed by atoms with E-state index in [1.165, 1.54) is 6.07 Å². The Bertz CT molecular complexity index is 701. The van der Waals surface area contributed by atoms with E-state index in [0.717, 1.165) is 30.0 Å². The third-order valence-electron chi connectivity index (χ3n) is 4.13. The van der Waals surface area contributed by atoms with Gasteiger partial charge in [-0.05, 0) is 41.7 Å². The second-order valence-corrected chi connectivity index (χ2v) is 6.12. The van der Waals surface area contributed by atoms with Crippen LogP contribution in [-0.4, -0.2) is 18.5 Å². The van der Waals surface area contributed by atoms with Crippen molar-refractivity contribution in [3.63, 3.8) is 0 Å². The number of carbonyl (C=O) groups is 1. The molecule has 0 spiro atoms. The first-order valence-corrected chi connectivity index (χ1v) is 8.59. The molecule has 5 heteroatoms. The molecule has 2 aromatic rings. The van der Waals surface area contributed by atoms with Gasteiger partial charge >= 0.3 is 0 Å². The van der Waals surface area contributed by atoms with Crippen molar-refractivity contribution in [3.05, 3.63) is 59.7 Å². The Morgan fingerprint density at radius 3 is 2.40 bits per heavy atom. The van der Waals surface area contributed by atoms with Crippen molar-refractivity contribution in [3.8, 4) is 11.1 Å². The highest BCUT2D eigenvalue weighted by atomic mass is 19.2. The van der Waals surface area contributed by atoms with E-state index in [9.17, 15) is 13.6 Å². The fraction of sp³-hybridized carbons (Fsp3) is 0.350. The predicted molar refractivity (Wildman–Crippen MR) is 96.0 cm³/mol. The van der Waals surface area contributed by atoms with E-state index in [1.807, 2.05) is 24.3 Å². The summed E-state index contributed by atoms with van der Waals surface area (Å²) in [7, 11) is 0. The van der Waals surface area contributed by atoms with Crippen LogP contribution in [0.1, 0.15) is 31.7 Å². The smallest absolute Gasteiger partial charge is 0.236 e. The lowest BCUT2D eigenvalue weighted by Gasteiger charge is -2.12. The number of amides is 1. The Morgan fingerprint density at radius 1 is 1.08 bits per heavy atom. The monoisotopic (exact) mass is 346 g/mol. The molecule has 0 saturated heterocycles. The molecule has 0 aliphatic heterocycles. The third kappa shape index (κ3) is 5.64. The van der Waals surface area contributed by atoms with Gasteiger partial charge in [0.2, 0.25) is 5.91 Å². The molecule has 1 atom stereocenters. The maximum atomic E-state index is 13.3. The lowest BCUT2D eigenvalue weighted by atomic mass is 10.0. The van der Waals surface area contributed by atoms with Crippen molar-refractivity contribution in [2.24, 2.45) is 5.73 Å². The van der Waals surface area contributed by atoms with E-state index in [1.54, 1.807) is 6.07 Å². The van der Waals surface area contributed by atoms with E-state index < -0.39 is 17.7 Å². The van der Waals surface area contributed by atoms with Crippen LogP contribution in [0.2, 0.25) is 0 Å². The topological polar surface area (TPSA) is 55.1 Å². The molecular weight excluding hydrogens is 322 g/mol. The minimum absolute atomic E-state index is 0.119. The maximum absolute atomic E-state index is 13.3. The van der Waals surface area contributed by atoms with Crippen molar-refractivity contribution in [2.75, 3.05) is 6.54 Å². The average molecular weight is 346 g/mol. The van der Waals surface area contributed by atoms with Gasteiger partial charge in [0.25, 0.3) is 0 Å². The molecule has 2 aromatic carbocycles. The molecule has 0 aliphatic rings. The zero-order valence-electron chi connectivity index (χ0n) is 14.4. The van der Waals surface area contributed by atoms with Crippen LogP contribution in [0.25, 0.3) is 11.1 Å². The number of carbonyl (C=O) groups excluding carboxylic acids is 1. The zero-order valence-corrected chi connectivity index (χ0v) is 14.4. The summed E-state index contributed by atoms with van der Waals surface area (Å²) in [4.78, 5) is 11.8. The van der Waals surface area contributed by atoms with E-state index in [2.05, 4.69) is 12.2 Å². The highest BCUT2D eigenvalue weighted by molar-refractivity contribution is 5.81. The number of unbranched alkanes of at least 4 members (excludes halogenated alkanes) is 1. The standard InChI is InChI=1S/C20H24F2N2O/c1-2-3-4-19(23)20(25)24-12-11-14-5-7-15(8-6-14)16-9-10-17(21)18(22)13-16/h5-10,13,19H,2-4,11-12,23H2,1H3,(H,24,25). The van der Waals surface area contributed by atoms with Crippen molar-refractivity contribution in [2.45, 2.75) is 38.6 Å². The van der Waals surface area contributed by atoms with Gasteiger partial charge < -0.3 is 11.1 Å². The summed E-state index contributed by atoms with van der Waals surface area (Å²) in [5.74, 6) is -1.83. The Kier molecular flexibility index (Phi) is 7.07. The van der Waals surface area contributed by atoms with Crippen molar-refractivity contribution in [1.82, 2.24) is 5.32 Å². The van der Waals surface area contributed by atoms with Gasteiger partial charge in [-0.15, -0.1) is 0 Å². The molecule has 25 heavy (non-hydrogen) atoms. The van der Waals surface area contributed by atoms with E-state index in [-0.39, 0.29) is 5.91 Å². The van der Waals surface area contributed by atoms with Crippen LogP contribution in [0.15, 0.2) is 42.5 Å². The predicted octanol–water partition coefficient (Wildman–Crippen LogP) is 3.81. The van der Waals surface area contributed by atoms with Gasteiger partial charge in [-0.25, -0.2) is 8.78 Å². The third-order valence-corrected chi connectivity index (χ3v) is 4.13. The summed E-state index contributed by atoms with van der Waals surface area (Å²) in [6, 6.07) is 11.0.